The minimum atomic E-state index is -0.456. The lowest BCUT2D eigenvalue weighted by Gasteiger charge is -2.28. The molecule has 1 aliphatic heterocycles. The van der Waals surface area contributed by atoms with E-state index >= 15 is 0 Å². The number of rotatable bonds is 7. The van der Waals surface area contributed by atoms with E-state index in [1.807, 2.05) is 80.1 Å². The summed E-state index contributed by atoms with van der Waals surface area (Å²) in [5, 5.41) is 8.28. The maximum Gasteiger partial charge on any atom is 0.240 e. The maximum atomic E-state index is 13.6. The van der Waals surface area contributed by atoms with Gasteiger partial charge in [0.05, 0.1) is 28.8 Å². The normalized spacial score (nSPS) is 16.0. The lowest BCUT2D eigenvalue weighted by molar-refractivity contribution is -0.123. The van der Waals surface area contributed by atoms with E-state index in [0.29, 0.717) is 24.0 Å². The van der Waals surface area contributed by atoms with Crippen LogP contribution in [-0.2, 0) is 19.9 Å². The van der Waals surface area contributed by atoms with E-state index in [4.69, 9.17) is 21.4 Å². The van der Waals surface area contributed by atoms with Crippen molar-refractivity contribution in [1.29, 1.82) is 0 Å². The van der Waals surface area contributed by atoms with Gasteiger partial charge in [0.15, 0.2) is 0 Å². The Morgan fingerprint density at radius 1 is 1.17 bits per heavy atom. The van der Waals surface area contributed by atoms with E-state index in [0.717, 1.165) is 22.4 Å². The largest absolute Gasteiger partial charge is 0.383 e. The van der Waals surface area contributed by atoms with Crippen molar-refractivity contribution in [2.45, 2.75) is 31.6 Å². The van der Waals surface area contributed by atoms with E-state index in [1.54, 1.807) is 12.0 Å². The molecule has 9 heteroatoms. The summed E-state index contributed by atoms with van der Waals surface area (Å²) in [6.45, 7) is 6.78. The van der Waals surface area contributed by atoms with E-state index in [-0.39, 0.29) is 29.4 Å². The first kappa shape index (κ1) is 26.3. The van der Waals surface area contributed by atoms with Gasteiger partial charge in [-0.1, -0.05) is 60.1 Å². The molecule has 1 aliphatic rings. The summed E-state index contributed by atoms with van der Waals surface area (Å²) in [4.78, 5) is 28.0. The zero-order valence-electron chi connectivity index (χ0n) is 21.0. The van der Waals surface area contributed by atoms with Gasteiger partial charge in [0.1, 0.15) is 12.4 Å². The average Bonchev–Trinajstić information content (AvgIpc) is 3.19. The third kappa shape index (κ3) is 5.45. The second-order valence-electron chi connectivity index (χ2n) is 9.57. The minimum Gasteiger partial charge on any atom is -0.383 e. The van der Waals surface area contributed by atoms with Crippen molar-refractivity contribution in [2.75, 3.05) is 37.5 Å². The van der Waals surface area contributed by atoms with Crippen LogP contribution >= 0.6 is 23.4 Å². The fourth-order valence-electron chi connectivity index (χ4n) is 4.22. The number of nitrogens with zero attached hydrogens (tertiary/aromatic N) is 3. The van der Waals surface area contributed by atoms with E-state index in [9.17, 15) is 9.59 Å². The predicted octanol–water partition coefficient (Wildman–Crippen LogP) is 4.89. The van der Waals surface area contributed by atoms with Crippen LogP contribution in [0, 0.1) is 0 Å². The van der Waals surface area contributed by atoms with Gasteiger partial charge in [-0.05, 0) is 32.4 Å². The molecular weight excluding hydrogens is 496 g/mol. The molecule has 0 saturated heterocycles. The third-order valence-electron chi connectivity index (χ3n) is 5.89. The molecule has 1 N–H and O–H groups in total. The summed E-state index contributed by atoms with van der Waals surface area (Å²) >= 11 is 8.19. The molecule has 3 aromatic rings. The Morgan fingerprint density at radius 3 is 2.53 bits per heavy atom. The molecule has 0 bridgehead atoms. The number of aromatic nitrogens is 2. The van der Waals surface area contributed by atoms with Gasteiger partial charge in [-0.15, -0.1) is 11.8 Å². The summed E-state index contributed by atoms with van der Waals surface area (Å²) < 4.78 is 6.92. The molecule has 0 saturated carbocycles. The Hall–Kier alpha value is -2.81. The second-order valence-corrected chi connectivity index (χ2v) is 11.1. The molecule has 2 aromatic carbocycles. The molecule has 2 amide bonds. The van der Waals surface area contributed by atoms with Crippen molar-refractivity contribution < 1.29 is 14.3 Å². The van der Waals surface area contributed by atoms with Crippen LogP contribution in [0.15, 0.2) is 54.6 Å². The van der Waals surface area contributed by atoms with Gasteiger partial charge >= 0.3 is 0 Å². The van der Waals surface area contributed by atoms with Crippen LogP contribution in [0.3, 0.4) is 0 Å². The van der Waals surface area contributed by atoms with Gasteiger partial charge in [0.25, 0.3) is 0 Å². The van der Waals surface area contributed by atoms with E-state index < -0.39 is 5.54 Å². The topological polar surface area (TPSA) is 76.5 Å². The van der Waals surface area contributed by atoms with Gasteiger partial charge in [-0.25, -0.2) is 4.68 Å². The maximum absolute atomic E-state index is 13.6. The Kier molecular flexibility index (Phi) is 8.07. The fourth-order valence-corrected chi connectivity index (χ4v) is 5.76. The van der Waals surface area contributed by atoms with Crippen LogP contribution < -0.4 is 10.2 Å². The van der Waals surface area contributed by atoms with Crippen molar-refractivity contribution in [3.8, 4) is 11.3 Å². The molecule has 0 fully saturated rings. The smallest absolute Gasteiger partial charge is 0.240 e. The van der Waals surface area contributed by atoms with E-state index in [1.165, 1.54) is 11.8 Å². The summed E-state index contributed by atoms with van der Waals surface area (Å²) in [5.41, 5.74) is 3.05. The molecule has 1 aromatic heterocycles. The molecule has 0 aliphatic carbocycles. The molecule has 190 valence electrons. The first-order chi connectivity index (χ1) is 17.2. The Balaban J connectivity index is 1.95. The highest BCUT2D eigenvalue weighted by Gasteiger charge is 2.39. The van der Waals surface area contributed by atoms with Crippen molar-refractivity contribution >= 4 is 41.0 Å². The number of ether oxygens (including phenoxy) is 1. The van der Waals surface area contributed by atoms with Gasteiger partial charge in [0, 0.05) is 29.8 Å². The standard InChI is InChI=1S/C27H31ClN4O3S/c1-27(2,3)32-26-23(24(30-32)18-10-6-5-7-11-18)25(19-12-8-9-13-20(19)28)36-17-22(34)31(26)16-21(33)29-14-15-35-4/h5-13,25H,14-17H2,1-4H3,(H,29,33)/t25-/m0/s1. The third-order valence-corrected chi connectivity index (χ3v) is 7.47. The molecule has 2 heterocycles. The summed E-state index contributed by atoms with van der Waals surface area (Å²) in [7, 11) is 1.58. The van der Waals surface area contributed by atoms with Gasteiger partial charge in [-0.2, -0.15) is 5.10 Å². The number of hydrogen-bond acceptors (Lipinski definition) is 5. The van der Waals surface area contributed by atoms with Crippen molar-refractivity contribution in [3.05, 3.63) is 70.7 Å². The molecule has 36 heavy (non-hydrogen) atoms. The molecule has 4 rings (SSSR count). The summed E-state index contributed by atoms with van der Waals surface area (Å²) in [5.74, 6) is 0.426. The first-order valence-electron chi connectivity index (χ1n) is 11.8. The molecule has 0 spiro atoms. The zero-order chi connectivity index (χ0) is 25.9. The lowest BCUT2D eigenvalue weighted by Crippen LogP contribution is -2.44. The summed E-state index contributed by atoms with van der Waals surface area (Å²) in [6.07, 6.45) is 0. The number of amides is 2. The van der Waals surface area contributed by atoms with Crippen molar-refractivity contribution in [2.24, 2.45) is 0 Å². The fraction of sp³-hybridized carbons (Fsp3) is 0.370. The SMILES string of the molecule is COCCNC(=O)CN1C(=O)CS[C@@H](c2ccccc2Cl)c2c(-c3ccccc3)nn(C(C)(C)C)c21. The Labute approximate surface area is 221 Å². The van der Waals surface area contributed by atoms with Crippen LogP contribution in [0.4, 0.5) is 5.82 Å². The van der Waals surface area contributed by atoms with Crippen LogP contribution in [0.25, 0.3) is 11.3 Å². The van der Waals surface area contributed by atoms with Crippen molar-refractivity contribution in [1.82, 2.24) is 15.1 Å². The molecule has 0 unspecified atom stereocenters. The number of nitrogens with one attached hydrogen (secondary N) is 1. The number of thioether (sulfide) groups is 1. The zero-order valence-corrected chi connectivity index (χ0v) is 22.5. The number of methoxy groups -OCH3 is 1. The number of benzene rings is 2. The quantitative estimate of drug-likeness (QED) is 0.443. The second kappa shape index (κ2) is 11.1. The highest BCUT2D eigenvalue weighted by atomic mass is 35.5. The number of fused-ring (bicyclic) bond motifs is 1. The number of carbonyl (C=O) groups is 2. The first-order valence-corrected chi connectivity index (χ1v) is 13.3. The van der Waals surface area contributed by atoms with Crippen LogP contribution in [0.2, 0.25) is 5.02 Å². The van der Waals surface area contributed by atoms with Crippen molar-refractivity contribution in [3.63, 3.8) is 0 Å². The number of hydrogen-bond donors (Lipinski definition) is 1. The predicted molar refractivity (Wildman–Crippen MR) is 146 cm³/mol. The minimum absolute atomic E-state index is 0.110. The van der Waals surface area contributed by atoms with Crippen LogP contribution in [0.1, 0.15) is 37.1 Å². The highest BCUT2D eigenvalue weighted by molar-refractivity contribution is 8.00. The van der Waals surface area contributed by atoms with Gasteiger partial charge in [0.2, 0.25) is 11.8 Å². The molecule has 7 nitrogen and oxygen atoms in total. The number of halogens is 1. The molecular formula is C27H31ClN4O3S. The van der Waals surface area contributed by atoms with Crippen LogP contribution in [-0.4, -0.2) is 54.2 Å². The molecule has 1 atom stereocenters. The monoisotopic (exact) mass is 526 g/mol. The van der Waals surface area contributed by atoms with Gasteiger partial charge in [-0.3, -0.25) is 14.5 Å². The highest BCUT2D eigenvalue weighted by Crippen LogP contribution is 2.50. The van der Waals surface area contributed by atoms with Crippen LogP contribution in [0.5, 0.6) is 0 Å². The van der Waals surface area contributed by atoms with E-state index in [2.05, 4.69) is 5.32 Å². The summed E-state index contributed by atoms with van der Waals surface area (Å²) in [6, 6.07) is 17.6. The molecule has 0 radical (unpaired) electrons. The van der Waals surface area contributed by atoms with Gasteiger partial charge < -0.3 is 10.1 Å². The Bertz CT molecular complexity index is 1240. The number of anilines is 1. The number of carbonyl (C=O) groups excluding carboxylic acids is 2. The average molecular weight is 527 g/mol. The Morgan fingerprint density at radius 2 is 1.86 bits per heavy atom. The lowest BCUT2D eigenvalue weighted by atomic mass is 9.99.